The molecule has 1 rings (SSSR count). The first-order chi connectivity index (χ1) is 9.08. The van der Waals surface area contributed by atoms with Gasteiger partial charge in [0.15, 0.2) is 0 Å². The van der Waals surface area contributed by atoms with Crippen molar-refractivity contribution in [2.24, 2.45) is 5.92 Å². The summed E-state index contributed by atoms with van der Waals surface area (Å²) in [6.45, 7) is 8.68. The molecule has 19 heavy (non-hydrogen) atoms. The lowest BCUT2D eigenvalue weighted by Gasteiger charge is -2.24. The highest BCUT2D eigenvalue weighted by Crippen LogP contribution is 2.28. The van der Waals surface area contributed by atoms with E-state index in [0.717, 1.165) is 6.61 Å². The van der Waals surface area contributed by atoms with Crippen molar-refractivity contribution in [2.75, 3.05) is 32.8 Å². The van der Waals surface area contributed by atoms with Gasteiger partial charge in [0.1, 0.15) is 0 Å². The van der Waals surface area contributed by atoms with Gasteiger partial charge in [-0.05, 0) is 39.5 Å². The van der Waals surface area contributed by atoms with Gasteiger partial charge in [-0.25, -0.2) is 0 Å². The van der Waals surface area contributed by atoms with E-state index >= 15 is 0 Å². The van der Waals surface area contributed by atoms with Crippen LogP contribution in [0.15, 0.2) is 0 Å². The number of ether oxygens (including phenoxy) is 1. The highest BCUT2D eigenvalue weighted by molar-refractivity contribution is 5.81. The third-order valence-electron chi connectivity index (χ3n) is 3.47. The highest BCUT2D eigenvalue weighted by atomic mass is 16.5. The number of rotatable bonds is 10. The molecule has 1 saturated carbocycles. The van der Waals surface area contributed by atoms with Crippen LogP contribution in [0.1, 0.15) is 33.6 Å². The summed E-state index contributed by atoms with van der Waals surface area (Å²) in [7, 11) is 0. The van der Waals surface area contributed by atoms with E-state index in [0.29, 0.717) is 32.2 Å². The quantitative estimate of drug-likeness (QED) is 0.612. The summed E-state index contributed by atoms with van der Waals surface area (Å²) in [6.07, 6.45) is 1.96. The third-order valence-corrected chi connectivity index (χ3v) is 3.47. The standard InChI is InChI=1S/C14H28N2O3/c1-4-16(5-2)14(18)11(3)15-8-13(17)10-19-9-12-6-7-12/h11-13,15,17H,4-10H2,1-3H3. The molecule has 5 heteroatoms. The summed E-state index contributed by atoms with van der Waals surface area (Å²) in [5.74, 6) is 0.791. The van der Waals surface area contributed by atoms with Gasteiger partial charge in [-0.1, -0.05) is 0 Å². The van der Waals surface area contributed by atoms with Gasteiger partial charge < -0.3 is 20.1 Å². The minimum absolute atomic E-state index is 0.0797. The summed E-state index contributed by atoms with van der Waals surface area (Å²) in [5.41, 5.74) is 0. The van der Waals surface area contributed by atoms with E-state index in [2.05, 4.69) is 5.32 Å². The zero-order chi connectivity index (χ0) is 14.3. The summed E-state index contributed by atoms with van der Waals surface area (Å²) in [5, 5.41) is 12.8. The molecular formula is C14H28N2O3. The molecule has 1 aliphatic rings. The minimum Gasteiger partial charge on any atom is -0.389 e. The maximum Gasteiger partial charge on any atom is 0.239 e. The average molecular weight is 272 g/mol. The number of nitrogens with zero attached hydrogens (tertiary/aromatic N) is 1. The second-order valence-corrected chi connectivity index (χ2v) is 5.28. The lowest BCUT2D eigenvalue weighted by Crippen LogP contribution is -2.47. The molecule has 0 aromatic heterocycles. The van der Waals surface area contributed by atoms with Crippen LogP contribution in [0.5, 0.6) is 0 Å². The monoisotopic (exact) mass is 272 g/mol. The number of amides is 1. The minimum atomic E-state index is -0.550. The molecule has 2 unspecified atom stereocenters. The molecule has 1 amide bonds. The fourth-order valence-corrected chi connectivity index (χ4v) is 1.92. The van der Waals surface area contributed by atoms with E-state index in [-0.39, 0.29) is 11.9 Å². The first kappa shape index (κ1) is 16.4. The Labute approximate surface area is 116 Å². The van der Waals surface area contributed by atoms with Crippen molar-refractivity contribution in [3.05, 3.63) is 0 Å². The van der Waals surface area contributed by atoms with Gasteiger partial charge in [0.25, 0.3) is 0 Å². The van der Waals surface area contributed by atoms with Crippen molar-refractivity contribution in [1.82, 2.24) is 10.2 Å². The van der Waals surface area contributed by atoms with Gasteiger partial charge in [-0.3, -0.25) is 4.79 Å². The highest BCUT2D eigenvalue weighted by Gasteiger charge is 2.22. The van der Waals surface area contributed by atoms with Gasteiger partial charge in [0, 0.05) is 26.2 Å². The van der Waals surface area contributed by atoms with Gasteiger partial charge in [0.2, 0.25) is 5.91 Å². The van der Waals surface area contributed by atoms with Gasteiger partial charge >= 0.3 is 0 Å². The zero-order valence-electron chi connectivity index (χ0n) is 12.4. The Hall–Kier alpha value is -0.650. The van der Waals surface area contributed by atoms with Crippen molar-refractivity contribution in [1.29, 1.82) is 0 Å². The molecule has 0 aromatic rings. The van der Waals surface area contributed by atoms with E-state index < -0.39 is 6.10 Å². The fraction of sp³-hybridized carbons (Fsp3) is 0.929. The van der Waals surface area contributed by atoms with Gasteiger partial charge in [-0.15, -0.1) is 0 Å². The lowest BCUT2D eigenvalue weighted by atomic mass is 10.2. The van der Waals surface area contributed by atoms with Crippen LogP contribution in [0.25, 0.3) is 0 Å². The SMILES string of the molecule is CCN(CC)C(=O)C(C)NCC(O)COCC1CC1. The predicted molar refractivity (Wildman–Crippen MR) is 74.9 cm³/mol. The average Bonchev–Trinajstić information content (AvgIpc) is 3.21. The van der Waals surface area contributed by atoms with Gasteiger partial charge in [0.05, 0.1) is 18.8 Å². The number of likely N-dealkylation sites (N-methyl/N-ethyl adjacent to an activating group) is 1. The van der Waals surface area contributed by atoms with Gasteiger partial charge in [-0.2, -0.15) is 0 Å². The maximum atomic E-state index is 12.0. The molecule has 112 valence electrons. The van der Waals surface area contributed by atoms with Crippen LogP contribution in [-0.4, -0.2) is 60.9 Å². The second kappa shape index (κ2) is 8.51. The van der Waals surface area contributed by atoms with Crippen molar-refractivity contribution in [3.8, 4) is 0 Å². The Kier molecular flexibility index (Phi) is 7.34. The molecule has 2 N–H and O–H groups in total. The number of hydrogen-bond acceptors (Lipinski definition) is 4. The van der Waals surface area contributed by atoms with Crippen molar-refractivity contribution >= 4 is 5.91 Å². The van der Waals surface area contributed by atoms with Crippen LogP contribution < -0.4 is 5.32 Å². The third kappa shape index (κ3) is 6.36. The maximum absolute atomic E-state index is 12.0. The molecule has 0 saturated heterocycles. The summed E-state index contributed by atoms with van der Waals surface area (Å²) < 4.78 is 5.42. The van der Waals surface area contributed by atoms with E-state index in [1.54, 1.807) is 4.90 Å². The predicted octanol–water partition coefficient (Wildman–Crippen LogP) is 0.620. The summed E-state index contributed by atoms with van der Waals surface area (Å²) in [4.78, 5) is 13.8. The van der Waals surface area contributed by atoms with Crippen molar-refractivity contribution in [3.63, 3.8) is 0 Å². The first-order valence-electron chi connectivity index (χ1n) is 7.36. The van der Waals surface area contributed by atoms with E-state index in [4.69, 9.17) is 4.74 Å². The number of carbonyl (C=O) groups excluding carboxylic acids is 1. The Morgan fingerprint density at radius 3 is 2.58 bits per heavy atom. The normalized spacial score (nSPS) is 18.1. The molecule has 0 aromatic carbocycles. The molecule has 0 aliphatic heterocycles. The largest absolute Gasteiger partial charge is 0.389 e. The molecule has 0 spiro atoms. The topological polar surface area (TPSA) is 61.8 Å². The molecule has 0 radical (unpaired) electrons. The number of hydrogen-bond donors (Lipinski definition) is 2. The number of nitrogens with one attached hydrogen (secondary N) is 1. The van der Waals surface area contributed by atoms with Crippen molar-refractivity contribution < 1.29 is 14.6 Å². The first-order valence-corrected chi connectivity index (χ1v) is 7.36. The Morgan fingerprint density at radius 2 is 2.05 bits per heavy atom. The van der Waals surface area contributed by atoms with Crippen LogP contribution in [-0.2, 0) is 9.53 Å². The lowest BCUT2D eigenvalue weighted by molar-refractivity contribution is -0.132. The van der Waals surface area contributed by atoms with E-state index in [1.807, 2.05) is 20.8 Å². The fourth-order valence-electron chi connectivity index (χ4n) is 1.92. The molecule has 0 bridgehead atoms. The Morgan fingerprint density at radius 1 is 1.42 bits per heavy atom. The number of aliphatic hydroxyl groups is 1. The van der Waals surface area contributed by atoms with Crippen LogP contribution in [0.3, 0.4) is 0 Å². The Bertz CT molecular complexity index is 265. The Balaban J connectivity index is 2.12. The van der Waals surface area contributed by atoms with E-state index in [1.165, 1.54) is 12.8 Å². The van der Waals surface area contributed by atoms with Crippen molar-refractivity contribution in [2.45, 2.75) is 45.8 Å². The molecular weight excluding hydrogens is 244 g/mol. The molecule has 1 aliphatic carbocycles. The van der Waals surface area contributed by atoms with Crippen LogP contribution in [0.4, 0.5) is 0 Å². The second-order valence-electron chi connectivity index (χ2n) is 5.28. The van der Waals surface area contributed by atoms with Crippen LogP contribution >= 0.6 is 0 Å². The summed E-state index contributed by atoms with van der Waals surface area (Å²) in [6, 6.07) is -0.266. The summed E-state index contributed by atoms with van der Waals surface area (Å²) >= 11 is 0. The smallest absolute Gasteiger partial charge is 0.239 e. The molecule has 2 atom stereocenters. The number of aliphatic hydroxyl groups excluding tert-OH is 1. The zero-order valence-corrected chi connectivity index (χ0v) is 12.4. The molecule has 5 nitrogen and oxygen atoms in total. The number of carbonyl (C=O) groups is 1. The van der Waals surface area contributed by atoms with Crippen LogP contribution in [0.2, 0.25) is 0 Å². The van der Waals surface area contributed by atoms with E-state index in [9.17, 15) is 9.90 Å². The molecule has 0 heterocycles. The van der Waals surface area contributed by atoms with Crippen LogP contribution in [0, 0.1) is 5.92 Å². The molecule has 1 fully saturated rings.